The number of hydrogen-bond donors (Lipinski definition) is 2. The minimum Gasteiger partial charge on any atom is -0.375 e. The number of allylic oxidation sites excluding steroid dienone is 1. The summed E-state index contributed by atoms with van der Waals surface area (Å²) in [6.45, 7) is 0. The van der Waals surface area contributed by atoms with E-state index in [0.29, 0.717) is 5.69 Å². The Hall–Kier alpha value is -2.79. The molecule has 3 aliphatic rings. The molecule has 5 nitrogen and oxygen atoms in total. The molecule has 2 heterocycles. The van der Waals surface area contributed by atoms with E-state index in [4.69, 9.17) is 0 Å². The van der Waals surface area contributed by atoms with Gasteiger partial charge in [0.05, 0.1) is 17.5 Å². The Balaban J connectivity index is 1.67. The summed E-state index contributed by atoms with van der Waals surface area (Å²) < 4.78 is 0. The molecule has 0 spiro atoms. The average molecular weight is 346 g/mol. The van der Waals surface area contributed by atoms with Gasteiger partial charge in [0.15, 0.2) is 5.60 Å². The number of benzene rings is 1. The Morgan fingerprint density at radius 2 is 1.73 bits per heavy atom. The van der Waals surface area contributed by atoms with Crippen LogP contribution in [-0.4, -0.2) is 21.9 Å². The maximum absolute atomic E-state index is 12.3. The molecule has 2 bridgehead atoms. The zero-order valence-electron chi connectivity index (χ0n) is 14.0. The fourth-order valence-electron chi connectivity index (χ4n) is 5.05. The number of imide groups is 1. The maximum atomic E-state index is 12.3. The third-order valence-corrected chi connectivity index (χ3v) is 6.10. The van der Waals surface area contributed by atoms with Gasteiger partial charge >= 0.3 is 0 Å². The fourth-order valence-corrected chi connectivity index (χ4v) is 5.05. The van der Waals surface area contributed by atoms with Crippen molar-refractivity contribution in [2.24, 2.45) is 23.7 Å². The van der Waals surface area contributed by atoms with E-state index in [1.54, 1.807) is 12.3 Å². The van der Waals surface area contributed by atoms with Crippen molar-refractivity contribution in [3.8, 4) is 0 Å². The van der Waals surface area contributed by atoms with Crippen molar-refractivity contribution in [1.82, 2.24) is 10.3 Å². The molecule has 5 rings (SSSR count). The van der Waals surface area contributed by atoms with E-state index in [2.05, 4.69) is 10.3 Å². The van der Waals surface area contributed by atoms with Crippen LogP contribution in [0.1, 0.15) is 17.7 Å². The van der Waals surface area contributed by atoms with Gasteiger partial charge in [-0.1, -0.05) is 42.5 Å². The number of rotatable bonds is 3. The Kier molecular flexibility index (Phi) is 3.18. The molecular weight excluding hydrogens is 328 g/mol. The number of nitrogens with zero attached hydrogens (tertiary/aromatic N) is 1. The van der Waals surface area contributed by atoms with Crippen LogP contribution in [0.3, 0.4) is 0 Å². The molecule has 5 atom stereocenters. The first-order valence-corrected chi connectivity index (χ1v) is 8.87. The molecule has 0 radical (unpaired) electrons. The van der Waals surface area contributed by atoms with E-state index in [1.807, 2.05) is 48.5 Å². The number of carbonyl (C=O) groups excluding carboxylic acids is 2. The quantitative estimate of drug-likeness (QED) is 0.656. The highest BCUT2D eigenvalue weighted by atomic mass is 16.3. The summed E-state index contributed by atoms with van der Waals surface area (Å²) in [5.41, 5.74) is 0.641. The first-order chi connectivity index (χ1) is 12.6. The molecule has 2 amide bonds. The topological polar surface area (TPSA) is 79.3 Å². The molecule has 2 aromatic rings. The normalized spacial score (nSPS) is 31.3. The molecule has 26 heavy (non-hydrogen) atoms. The summed E-state index contributed by atoms with van der Waals surface area (Å²) in [5.74, 6) is -1.22. The number of fused-ring (bicyclic) bond motifs is 5. The standard InChI is InChI=1S/C21H18N2O3/c24-19-17-12-10-14(18(17)20(25)23-19)15(11-12)21(26,13-6-2-1-3-7-13)16-8-4-5-9-22-16/h1-9,11-12,14,17-18,26H,10H2,(H,23,24,25)/t12?,14?,17-,18+,21?/m1/s1. The molecule has 1 aliphatic heterocycles. The SMILES string of the molecule is O=C1NC(=O)[C@H]2C3CC(C=C3C(O)(c3ccccc3)c3ccccn3)[C@@H]12. The first-order valence-electron chi connectivity index (χ1n) is 8.87. The van der Waals surface area contributed by atoms with Gasteiger partial charge in [-0.25, -0.2) is 0 Å². The van der Waals surface area contributed by atoms with Crippen LogP contribution in [0.4, 0.5) is 0 Å². The summed E-state index contributed by atoms with van der Waals surface area (Å²) in [4.78, 5) is 28.9. The summed E-state index contributed by atoms with van der Waals surface area (Å²) in [7, 11) is 0. The van der Waals surface area contributed by atoms with E-state index < -0.39 is 5.60 Å². The number of aromatic nitrogens is 1. The number of carbonyl (C=O) groups is 2. The van der Waals surface area contributed by atoms with Gasteiger partial charge in [-0.3, -0.25) is 19.9 Å². The number of hydrogen-bond acceptors (Lipinski definition) is 4. The second kappa shape index (κ2) is 5.35. The lowest BCUT2D eigenvalue weighted by molar-refractivity contribution is -0.126. The molecular formula is C21H18N2O3. The smallest absolute Gasteiger partial charge is 0.231 e. The Morgan fingerprint density at radius 1 is 1.00 bits per heavy atom. The van der Waals surface area contributed by atoms with E-state index in [1.165, 1.54) is 0 Å². The Bertz CT molecular complexity index is 883. The summed E-state index contributed by atoms with van der Waals surface area (Å²) in [6, 6.07) is 14.9. The van der Waals surface area contributed by atoms with Gasteiger partial charge in [0.25, 0.3) is 0 Å². The van der Waals surface area contributed by atoms with Gasteiger partial charge < -0.3 is 5.11 Å². The molecule has 130 valence electrons. The lowest BCUT2D eigenvalue weighted by Crippen LogP contribution is -2.37. The zero-order chi connectivity index (χ0) is 17.9. The van der Waals surface area contributed by atoms with Crippen LogP contribution in [0.25, 0.3) is 0 Å². The summed E-state index contributed by atoms with van der Waals surface area (Å²) in [5, 5.41) is 14.4. The van der Waals surface area contributed by atoms with E-state index in [0.717, 1.165) is 17.6 Å². The maximum Gasteiger partial charge on any atom is 0.231 e. The summed E-state index contributed by atoms with van der Waals surface area (Å²) >= 11 is 0. The molecule has 1 saturated heterocycles. The largest absolute Gasteiger partial charge is 0.375 e. The molecule has 2 aliphatic carbocycles. The predicted octanol–water partition coefficient (Wildman–Crippen LogP) is 1.78. The zero-order valence-corrected chi connectivity index (χ0v) is 14.0. The minimum absolute atomic E-state index is 0.00889. The highest BCUT2D eigenvalue weighted by Gasteiger charge is 2.61. The van der Waals surface area contributed by atoms with Crippen molar-refractivity contribution in [2.75, 3.05) is 0 Å². The van der Waals surface area contributed by atoms with Gasteiger partial charge in [0.2, 0.25) is 11.8 Å². The van der Waals surface area contributed by atoms with Crippen LogP contribution >= 0.6 is 0 Å². The van der Waals surface area contributed by atoms with Crippen molar-refractivity contribution in [3.05, 3.63) is 77.6 Å². The van der Waals surface area contributed by atoms with Gasteiger partial charge in [-0.05, 0) is 41.5 Å². The molecule has 2 N–H and O–H groups in total. The van der Waals surface area contributed by atoms with Gasteiger partial charge in [0, 0.05) is 6.20 Å². The monoisotopic (exact) mass is 346 g/mol. The molecule has 2 fully saturated rings. The third kappa shape index (κ3) is 1.92. The predicted molar refractivity (Wildman–Crippen MR) is 93.5 cm³/mol. The van der Waals surface area contributed by atoms with Crippen molar-refractivity contribution >= 4 is 11.8 Å². The van der Waals surface area contributed by atoms with Crippen molar-refractivity contribution in [2.45, 2.75) is 12.0 Å². The average Bonchev–Trinajstić information content (AvgIpc) is 3.35. The number of aliphatic hydroxyl groups is 1. The van der Waals surface area contributed by atoms with Crippen LogP contribution in [0.15, 0.2) is 66.4 Å². The second-order valence-electron chi connectivity index (χ2n) is 7.32. The second-order valence-corrected chi connectivity index (χ2v) is 7.32. The number of nitrogens with one attached hydrogen (secondary N) is 1. The van der Waals surface area contributed by atoms with Gasteiger partial charge in [-0.2, -0.15) is 0 Å². The fraction of sp³-hybridized carbons (Fsp3) is 0.286. The van der Waals surface area contributed by atoms with Crippen molar-refractivity contribution < 1.29 is 14.7 Å². The Morgan fingerprint density at radius 3 is 2.46 bits per heavy atom. The van der Waals surface area contributed by atoms with Crippen molar-refractivity contribution in [1.29, 1.82) is 0 Å². The lowest BCUT2D eigenvalue weighted by atomic mass is 9.71. The number of pyridine rings is 1. The molecule has 1 aromatic carbocycles. The van der Waals surface area contributed by atoms with Crippen LogP contribution in [0.5, 0.6) is 0 Å². The van der Waals surface area contributed by atoms with E-state index in [-0.39, 0.29) is 35.5 Å². The van der Waals surface area contributed by atoms with Crippen LogP contribution in [0, 0.1) is 23.7 Å². The van der Waals surface area contributed by atoms with Gasteiger partial charge in [0.1, 0.15) is 0 Å². The van der Waals surface area contributed by atoms with Crippen molar-refractivity contribution in [3.63, 3.8) is 0 Å². The highest BCUT2D eigenvalue weighted by molar-refractivity contribution is 6.06. The van der Waals surface area contributed by atoms with Crippen LogP contribution in [-0.2, 0) is 15.2 Å². The third-order valence-electron chi connectivity index (χ3n) is 6.10. The highest BCUT2D eigenvalue weighted by Crippen LogP contribution is 2.58. The van der Waals surface area contributed by atoms with E-state index in [9.17, 15) is 14.7 Å². The summed E-state index contributed by atoms with van der Waals surface area (Å²) in [6.07, 6.45) is 4.39. The van der Waals surface area contributed by atoms with E-state index >= 15 is 0 Å². The molecule has 5 heteroatoms. The van der Waals surface area contributed by atoms with Crippen LogP contribution in [0.2, 0.25) is 0 Å². The number of amides is 2. The minimum atomic E-state index is -1.40. The van der Waals surface area contributed by atoms with Gasteiger partial charge in [-0.15, -0.1) is 0 Å². The first kappa shape index (κ1) is 15.5. The Labute approximate surface area is 150 Å². The lowest BCUT2D eigenvalue weighted by Gasteiger charge is -2.35. The van der Waals surface area contributed by atoms with Crippen LogP contribution < -0.4 is 5.32 Å². The molecule has 1 aromatic heterocycles. The molecule has 1 saturated carbocycles. The molecule has 3 unspecified atom stereocenters.